The summed E-state index contributed by atoms with van der Waals surface area (Å²) in [7, 11) is 0. The Kier molecular flexibility index (Phi) is 7.78. The van der Waals surface area contributed by atoms with Gasteiger partial charge in [0.2, 0.25) is 0 Å². The Labute approximate surface area is 328 Å². The molecule has 0 atom stereocenters. The highest BCUT2D eigenvalue weighted by Gasteiger charge is 2.17. The molecule has 0 unspecified atom stereocenters. The lowest BCUT2D eigenvalue weighted by molar-refractivity contribution is 0.979. The van der Waals surface area contributed by atoms with Gasteiger partial charge in [-0.25, -0.2) is 4.98 Å². The molecule has 55 heavy (non-hydrogen) atoms. The first-order valence-electron chi connectivity index (χ1n) is 18.8. The molecule has 1 aliphatic heterocycles. The molecule has 11 rings (SSSR count). The van der Waals surface area contributed by atoms with Gasteiger partial charge >= 0.3 is 0 Å². The molecule has 2 nitrogen and oxygen atoms in total. The van der Waals surface area contributed by atoms with Crippen LogP contribution in [0.3, 0.4) is 0 Å². The second-order valence-corrected chi connectivity index (χ2v) is 16.4. The molecule has 0 radical (unpaired) electrons. The SMILES string of the molecule is C1=C(c2ccc(-c3ccc4c(ccc5c4c4cc(-c6ccc(-c7nc8ccccc8s7)cc6)ccc4n5-c4ccccc4)c3)cc2)Sc2ccccc2CC1. The fourth-order valence-corrected chi connectivity index (χ4v) is 10.3. The Bertz CT molecular complexity index is 3060. The van der Waals surface area contributed by atoms with E-state index in [1.165, 1.54) is 80.5 Å². The van der Waals surface area contributed by atoms with Crippen molar-refractivity contribution >= 4 is 70.8 Å². The molecular formula is C51H34N2S2. The topological polar surface area (TPSA) is 17.8 Å². The van der Waals surface area contributed by atoms with Crippen LogP contribution in [0.5, 0.6) is 0 Å². The Morgan fingerprint density at radius 1 is 0.509 bits per heavy atom. The smallest absolute Gasteiger partial charge is 0.124 e. The molecule has 0 amide bonds. The summed E-state index contributed by atoms with van der Waals surface area (Å²) in [4.78, 5) is 7.61. The Morgan fingerprint density at radius 3 is 2.02 bits per heavy atom. The van der Waals surface area contributed by atoms with E-state index in [4.69, 9.17) is 4.98 Å². The summed E-state index contributed by atoms with van der Waals surface area (Å²) in [6.45, 7) is 0. The number of hydrogen-bond acceptors (Lipinski definition) is 3. The summed E-state index contributed by atoms with van der Waals surface area (Å²) >= 11 is 3.64. The van der Waals surface area contributed by atoms with E-state index in [9.17, 15) is 0 Å². The van der Waals surface area contributed by atoms with Crippen molar-refractivity contribution < 1.29 is 0 Å². The monoisotopic (exact) mass is 738 g/mol. The van der Waals surface area contributed by atoms with Crippen molar-refractivity contribution in [3.63, 3.8) is 0 Å². The van der Waals surface area contributed by atoms with E-state index in [0.717, 1.165) is 34.6 Å². The number of para-hydroxylation sites is 2. The van der Waals surface area contributed by atoms with Crippen molar-refractivity contribution in [2.75, 3.05) is 0 Å². The average molecular weight is 739 g/mol. The van der Waals surface area contributed by atoms with Gasteiger partial charge in [-0.2, -0.15) is 0 Å². The normalized spacial score (nSPS) is 13.0. The van der Waals surface area contributed by atoms with Crippen molar-refractivity contribution in [2.45, 2.75) is 17.7 Å². The summed E-state index contributed by atoms with van der Waals surface area (Å²) in [6, 6.07) is 64.4. The molecule has 3 heterocycles. The third-order valence-electron chi connectivity index (χ3n) is 11.0. The number of rotatable bonds is 5. The lowest BCUT2D eigenvalue weighted by Crippen LogP contribution is -1.93. The zero-order chi connectivity index (χ0) is 36.3. The Morgan fingerprint density at radius 2 is 1.18 bits per heavy atom. The molecule has 0 fully saturated rings. The third-order valence-corrected chi connectivity index (χ3v) is 13.3. The minimum absolute atomic E-state index is 1.05. The minimum atomic E-state index is 1.05. The van der Waals surface area contributed by atoms with Gasteiger partial charge in [0, 0.05) is 31.8 Å². The predicted molar refractivity (Wildman–Crippen MR) is 236 cm³/mol. The van der Waals surface area contributed by atoms with E-state index in [2.05, 4.69) is 187 Å². The quantitative estimate of drug-likeness (QED) is 0.175. The molecule has 0 aliphatic carbocycles. The second kappa shape index (κ2) is 13.3. The van der Waals surface area contributed by atoms with E-state index >= 15 is 0 Å². The molecule has 8 aromatic carbocycles. The number of thioether (sulfide) groups is 1. The second-order valence-electron chi connectivity index (χ2n) is 14.3. The van der Waals surface area contributed by atoms with Crippen molar-refractivity contribution in [1.29, 1.82) is 0 Å². The van der Waals surface area contributed by atoms with E-state index in [-0.39, 0.29) is 0 Å². The summed E-state index contributed by atoms with van der Waals surface area (Å²) in [5.74, 6) is 0. The van der Waals surface area contributed by atoms with E-state index in [1.54, 1.807) is 11.3 Å². The summed E-state index contributed by atoms with van der Waals surface area (Å²) in [5.41, 5.74) is 13.4. The zero-order valence-corrected chi connectivity index (χ0v) is 31.6. The summed E-state index contributed by atoms with van der Waals surface area (Å²) in [5, 5.41) is 6.09. The fourth-order valence-electron chi connectivity index (χ4n) is 8.20. The first-order chi connectivity index (χ1) is 27.2. The van der Waals surface area contributed by atoms with Crippen LogP contribution >= 0.6 is 23.1 Å². The number of allylic oxidation sites excluding steroid dienone is 1. The van der Waals surface area contributed by atoms with E-state index in [0.29, 0.717) is 0 Å². The first kappa shape index (κ1) is 32.2. The van der Waals surface area contributed by atoms with Gasteiger partial charge in [-0.05, 0) is 112 Å². The molecule has 1 aliphatic rings. The number of thiazole rings is 1. The van der Waals surface area contributed by atoms with Crippen molar-refractivity contribution in [3.05, 3.63) is 193 Å². The first-order valence-corrected chi connectivity index (χ1v) is 20.5. The molecule has 4 heteroatoms. The summed E-state index contributed by atoms with van der Waals surface area (Å²) in [6.07, 6.45) is 4.57. The third kappa shape index (κ3) is 5.69. The van der Waals surface area contributed by atoms with Crippen molar-refractivity contribution in [1.82, 2.24) is 9.55 Å². The van der Waals surface area contributed by atoms with E-state index < -0.39 is 0 Å². The number of aryl methyl sites for hydroxylation is 1. The fraction of sp³-hybridized carbons (Fsp3) is 0.0392. The van der Waals surface area contributed by atoms with Crippen molar-refractivity contribution in [3.8, 4) is 38.5 Å². The largest absolute Gasteiger partial charge is 0.309 e. The molecule has 0 bridgehead atoms. The average Bonchev–Trinajstić information content (AvgIpc) is 3.76. The molecule has 0 saturated carbocycles. The van der Waals surface area contributed by atoms with Crippen LogP contribution in [-0.2, 0) is 6.42 Å². The van der Waals surface area contributed by atoms with Gasteiger partial charge in [-0.15, -0.1) is 11.3 Å². The van der Waals surface area contributed by atoms with Crippen LogP contribution in [0.15, 0.2) is 187 Å². The van der Waals surface area contributed by atoms with Gasteiger partial charge in [0.1, 0.15) is 5.01 Å². The van der Waals surface area contributed by atoms with Gasteiger partial charge in [-0.1, -0.05) is 139 Å². The van der Waals surface area contributed by atoms with Crippen LogP contribution in [0.25, 0.3) is 86.2 Å². The van der Waals surface area contributed by atoms with Gasteiger partial charge in [0.05, 0.1) is 21.3 Å². The lowest BCUT2D eigenvalue weighted by atomic mass is 9.96. The molecule has 260 valence electrons. The molecule has 0 N–H and O–H groups in total. The predicted octanol–water partition coefficient (Wildman–Crippen LogP) is 14.6. The molecule has 10 aromatic rings. The van der Waals surface area contributed by atoms with Gasteiger partial charge in [-0.3, -0.25) is 0 Å². The maximum Gasteiger partial charge on any atom is 0.124 e. The Balaban J connectivity index is 0.985. The molecule has 0 saturated heterocycles. The minimum Gasteiger partial charge on any atom is -0.309 e. The number of benzene rings is 8. The van der Waals surface area contributed by atoms with Gasteiger partial charge in [0.25, 0.3) is 0 Å². The number of aromatic nitrogens is 2. The number of fused-ring (bicyclic) bond motifs is 7. The van der Waals surface area contributed by atoms with Gasteiger partial charge in [0.15, 0.2) is 0 Å². The van der Waals surface area contributed by atoms with Gasteiger partial charge < -0.3 is 4.57 Å². The van der Waals surface area contributed by atoms with Crippen LogP contribution in [-0.4, -0.2) is 9.55 Å². The highest BCUT2D eigenvalue weighted by atomic mass is 32.2. The highest BCUT2D eigenvalue weighted by molar-refractivity contribution is 8.08. The van der Waals surface area contributed by atoms with Crippen LogP contribution in [0, 0.1) is 0 Å². The van der Waals surface area contributed by atoms with E-state index in [1.807, 2.05) is 11.8 Å². The van der Waals surface area contributed by atoms with Crippen LogP contribution in [0.2, 0.25) is 0 Å². The van der Waals surface area contributed by atoms with Crippen molar-refractivity contribution in [2.24, 2.45) is 0 Å². The van der Waals surface area contributed by atoms with Crippen LogP contribution < -0.4 is 0 Å². The van der Waals surface area contributed by atoms with Crippen LogP contribution in [0.1, 0.15) is 17.5 Å². The zero-order valence-electron chi connectivity index (χ0n) is 29.9. The highest BCUT2D eigenvalue weighted by Crippen LogP contribution is 2.42. The van der Waals surface area contributed by atoms with Crippen LogP contribution in [0.4, 0.5) is 0 Å². The maximum absolute atomic E-state index is 4.89. The standard InChI is InChI=1S/C51H34N2S2/c1-2-11-41(12-3-1)53-45-29-26-39(34-19-23-37(24-20-34)51-52-44-13-5-7-15-49(44)55-51)32-43(45)50-42-28-25-38(31-40(42)27-30-46(50)53)33-17-21-36(22-18-33)48-16-8-10-35-9-4-6-14-47(35)54-48/h1-7,9,11-32H,8,10H2. The molecule has 0 spiro atoms. The number of nitrogens with zero attached hydrogens (tertiary/aromatic N) is 2. The number of hydrogen-bond donors (Lipinski definition) is 0. The Hall–Kier alpha value is -6.20. The molecular weight excluding hydrogens is 705 g/mol. The lowest BCUT2D eigenvalue weighted by Gasteiger charge is -2.10. The summed E-state index contributed by atoms with van der Waals surface area (Å²) < 4.78 is 3.63. The molecule has 2 aromatic heterocycles. The maximum atomic E-state index is 4.89.